The Bertz CT molecular complexity index is 114. The van der Waals surface area contributed by atoms with E-state index < -0.39 is 10.4 Å². The zero-order valence-corrected chi connectivity index (χ0v) is 5.50. The van der Waals surface area contributed by atoms with Gasteiger partial charge in [0.25, 0.3) is 0 Å². The molecule has 0 aliphatic carbocycles. The molecule has 0 aliphatic heterocycles. The molecule has 0 atom stereocenters. The van der Waals surface area contributed by atoms with E-state index in [-0.39, 0.29) is 0 Å². The predicted octanol–water partition coefficient (Wildman–Crippen LogP) is -0.157. The molecule has 0 aliphatic rings. The summed E-state index contributed by atoms with van der Waals surface area (Å²) in [5, 5.41) is 7.38. The Hall–Kier alpha value is -0.210. The molecule has 0 aromatic heterocycles. The SMILES string of the molecule is CCOO.O=S(=O)(O)O. The van der Waals surface area contributed by atoms with Crippen LogP contribution in [0.3, 0.4) is 0 Å². The predicted molar refractivity (Wildman–Crippen MR) is 28.4 cm³/mol. The highest BCUT2D eigenvalue weighted by Crippen LogP contribution is 1.59. The molecule has 6 nitrogen and oxygen atoms in total. The van der Waals surface area contributed by atoms with E-state index in [0.29, 0.717) is 6.61 Å². The van der Waals surface area contributed by atoms with E-state index in [9.17, 15) is 0 Å². The molecule has 0 heterocycles. The van der Waals surface area contributed by atoms with Crippen LogP contribution in [0.15, 0.2) is 0 Å². The Labute approximate surface area is 52.6 Å². The maximum Gasteiger partial charge on any atom is 0.394 e. The first-order valence-electron chi connectivity index (χ1n) is 1.88. The monoisotopic (exact) mass is 160 g/mol. The lowest BCUT2D eigenvalue weighted by atomic mass is 10.9. The molecular weight excluding hydrogens is 152 g/mol. The molecule has 0 rings (SSSR count). The van der Waals surface area contributed by atoms with Gasteiger partial charge in [-0.2, -0.15) is 8.42 Å². The third-order valence-corrected chi connectivity index (χ3v) is 0.129. The lowest BCUT2D eigenvalue weighted by Crippen LogP contribution is -1.89. The van der Waals surface area contributed by atoms with Crippen LogP contribution in [0, 0.1) is 0 Å². The van der Waals surface area contributed by atoms with Crippen molar-refractivity contribution in [2.24, 2.45) is 0 Å². The maximum atomic E-state index is 8.74. The van der Waals surface area contributed by atoms with Gasteiger partial charge < -0.3 is 0 Å². The van der Waals surface area contributed by atoms with Gasteiger partial charge in [-0.3, -0.25) is 14.4 Å². The van der Waals surface area contributed by atoms with Gasteiger partial charge in [0, 0.05) is 0 Å². The molecule has 0 saturated carbocycles. The highest BCUT2D eigenvalue weighted by atomic mass is 32.3. The average Bonchev–Trinajstić information content (AvgIpc) is 1.61. The fourth-order valence-electron chi connectivity index (χ4n) is 0. The standard InChI is InChI=1S/C2H6O2.H2O4S/c1-2-4-3;1-5(2,3)4/h3H,2H2,1H3;(H2,1,2,3,4). The molecule has 7 heteroatoms. The van der Waals surface area contributed by atoms with Crippen LogP contribution in [-0.4, -0.2) is 29.4 Å². The molecule has 0 aromatic rings. The largest absolute Gasteiger partial charge is 0.394 e. The van der Waals surface area contributed by atoms with Gasteiger partial charge in [0.2, 0.25) is 0 Å². The van der Waals surface area contributed by atoms with E-state index in [1.165, 1.54) is 0 Å². The van der Waals surface area contributed by atoms with Crippen LogP contribution in [0.5, 0.6) is 0 Å². The second kappa shape index (κ2) is 5.92. The van der Waals surface area contributed by atoms with Gasteiger partial charge in [-0.25, -0.2) is 4.89 Å². The average molecular weight is 160 g/mol. The van der Waals surface area contributed by atoms with E-state index in [1.54, 1.807) is 6.92 Å². The van der Waals surface area contributed by atoms with Crippen molar-refractivity contribution in [1.82, 2.24) is 0 Å². The van der Waals surface area contributed by atoms with Crippen molar-refractivity contribution in [1.29, 1.82) is 0 Å². The first-order chi connectivity index (χ1) is 3.91. The van der Waals surface area contributed by atoms with E-state index in [1.807, 2.05) is 0 Å². The van der Waals surface area contributed by atoms with Crippen molar-refractivity contribution in [2.45, 2.75) is 6.92 Å². The highest BCUT2D eigenvalue weighted by molar-refractivity contribution is 7.79. The lowest BCUT2D eigenvalue weighted by Gasteiger charge is -1.73. The van der Waals surface area contributed by atoms with Crippen molar-refractivity contribution >= 4 is 10.4 Å². The van der Waals surface area contributed by atoms with Gasteiger partial charge in [-0.15, -0.1) is 0 Å². The molecule has 0 spiro atoms. The van der Waals surface area contributed by atoms with Crippen LogP contribution < -0.4 is 0 Å². The Balaban J connectivity index is 0. The summed E-state index contributed by atoms with van der Waals surface area (Å²) in [6.07, 6.45) is 0. The summed E-state index contributed by atoms with van der Waals surface area (Å²) < 4.78 is 31.6. The smallest absolute Gasteiger partial charge is 0.264 e. The van der Waals surface area contributed by atoms with E-state index in [4.69, 9.17) is 22.8 Å². The van der Waals surface area contributed by atoms with Crippen molar-refractivity contribution in [3.8, 4) is 0 Å². The number of hydrogen-bond donors (Lipinski definition) is 3. The van der Waals surface area contributed by atoms with Crippen LogP contribution in [0.4, 0.5) is 0 Å². The fraction of sp³-hybridized carbons (Fsp3) is 1.00. The molecule has 0 bridgehead atoms. The number of hydrogen-bond acceptors (Lipinski definition) is 4. The number of rotatable bonds is 1. The molecule has 0 saturated heterocycles. The Morgan fingerprint density at radius 3 is 1.56 bits per heavy atom. The first-order valence-corrected chi connectivity index (χ1v) is 3.27. The molecule has 0 radical (unpaired) electrons. The molecule has 0 fully saturated rings. The van der Waals surface area contributed by atoms with Crippen molar-refractivity contribution in [3.63, 3.8) is 0 Å². The van der Waals surface area contributed by atoms with Gasteiger partial charge in [0.05, 0.1) is 6.61 Å². The summed E-state index contributed by atoms with van der Waals surface area (Å²) in [5.41, 5.74) is 0. The molecule has 0 unspecified atom stereocenters. The summed E-state index contributed by atoms with van der Waals surface area (Å²) in [7, 11) is -4.67. The van der Waals surface area contributed by atoms with E-state index in [0.717, 1.165) is 0 Å². The Kier molecular flexibility index (Phi) is 7.61. The summed E-state index contributed by atoms with van der Waals surface area (Å²) in [6, 6.07) is 0. The van der Waals surface area contributed by atoms with E-state index >= 15 is 0 Å². The van der Waals surface area contributed by atoms with Crippen LogP contribution in [0.2, 0.25) is 0 Å². The third-order valence-electron chi connectivity index (χ3n) is 0.129. The normalized spacial score (nSPS) is 9.78. The van der Waals surface area contributed by atoms with Crippen molar-refractivity contribution in [2.75, 3.05) is 6.61 Å². The topological polar surface area (TPSA) is 104 Å². The lowest BCUT2D eigenvalue weighted by molar-refractivity contribution is -0.237. The molecule has 9 heavy (non-hydrogen) atoms. The fourth-order valence-corrected chi connectivity index (χ4v) is 0. The van der Waals surface area contributed by atoms with Crippen molar-refractivity contribution in [3.05, 3.63) is 0 Å². The van der Waals surface area contributed by atoms with Gasteiger partial charge in [0.1, 0.15) is 0 Å². The molecular formula is C2H8O6S. The minimum Gasteiger partial charge on any atom is -0.264 e. The molecule has 3 N–H and O–H groups in total. The molecule has 58 valence electrons. The quantitative estimate of drug-likeness (QED) is 0.280. The third kappa shape index (κ3) is 418. The van der Waals surface area contributed by atoms with Crippen LogP contribution in [-0.2, 0) is 15.3 Å². The molecule has 0 amide bonds. The van der Waals surface area contributed by atoms with E-state index in [2.05, 4.69) is 4.89 Å². The minimum atomic E-state index is -4.67. The summed E-state index contributed by atoms with van der Waals surface area (Å²) in [4.78, 5) is 3.54. The van der Waals surface area contributed by atoms with Gasteiger partial charge in [0.15, 0.2) is 0 Å². The van der Waals surface area contributed by atoms with Crippen molar-refractivity contribution < 1.29 is 27.7 Å². The zero-order chi connectivity index (χ0) is 7.91. The highest BCUT2D eigenvalue weighted by Gasteiger charge is 1.84. The van der Waals surface area contributed by atoms with Gasteiger partial charge >= 0.3 is 10.4 Å². The Morgan fingerprint density at radius 1 is 1.44 bits per heavy atom. The van der Waals surface area contributed by atoms with Gasteiger partial charge in [-0.1, -0.05) is 0 Å². The Morgan fingerprint density at radius 2 is 1.56 bits per heavy atom. The van der Waals surface area contributed by atoms with Crippen LogP contribution in [0.1, 0.15) is 6.92 Å². The second-order valence-electron chi connectivity index (χ2n) is 0.866. The summed E-state index contributed by atoms with van der Waals surface area (Å²) in [6.45, 7) is 2.08. The first kappa shape index (κ1) is 11.6. The maximum absolute atomic E-state index is 8.74. The summed E-state index contributed by atoms with van der Waals surface area (Å²) >= 11 is 0. The van der Waals surface area contributed by atoms with Gasteiger partial charge in [-0.05, 0) is 6.92 Å². The van der Waals surface area contributed by atoms with Crippen LogP contribution >= 0.6 is 0 Å². The van der Waals surface area contributed by atoms with Crippen LogP contribution in [0.25, 0.3) is 0 Å². The molecule has 0 aromatic carbocycles. The minimum absolute atomic E-state index is 0.375. The second-order valence-corrected chi connectivity index (χ2v) is 1.76. The summed E-state index contributed by atoms with van der Waals surface area (Å²) in [5.74, 6) is 0. The zero-order valence-electron chi connectivity index (χ0n) is 4.68.